The highest BCUT2D eigenvalue weighted by atomic mass is 35.5. The number of hydrazine groups is 1. The highest BCUT2D eigenvalue weighted by Gasteiger charge is 2.70. The Hall–Kier alpha value is -5.14. The lowest BCUT2D eigenvalue weighted by Gasteiger charge is -2.50. The molecule has 55 heavy (non-hydrogen) atoms. The number of amides is 4. The molecule has 2 saturated heterocycles. The fourth-order valence-corrected chi connectivity index (χ4v) is 9.90. The molecule has 4 amide bonds. The Kier molecular flexibility index (Phi) is 9.08. The molecule has 0 bridgehead atoms. The number of halogens is 2. The lowest BCUT2D eigenvalue weighted by atomic mass is 9.49. The van der Waals surface area contributed by atoms with Crippen LogP contribution in [0.3, 0.4) is 0 Å². The number of aryl methyl sites for hydroxylation is 2. The number of benzene rings is 4. The van der Waals surface area contributed by atoms with Gasteiger partial charge in [0.15, 0.2) is 0 Å². The zero-order valence-electron chi connectivity index (χ0n) is 30.0. The summed E-state index contributed by atoms with van der Waals surface area (Å²) >= 11 is 12.7. The Morgan fingerprint density at radius 1 is 0.873 bits per heavy atom. The molecular weight excluding hydrogens is 744 g/mol. The number of rotatable bonds is 7. The molecule has 4 aliphatic rings. The standard InChI is InChI=1S/C41H36BCl2N3O8/c1-20-15-22(16-21(2)36(20)48)35-28-12-13-29-34(39(51)46(37(29)49)26-6-4-5-24(17-26)42(53)54)30(28)19-31-38(50)47(45-33-14-9-25(43)18-32(33)44)40(52)41(31,35)23-7-10-27(55-3)11-8-23/h4-12,14-18,29-31,34-35,45,48,53-54H,13,19H2,1-3H3/t29-,30+,31-,34-,35-,41+/m0/s1. The van der Waals surface area contributed by atoms with Crippen LogP contribution in [0.4, 0.5) is 11.4 Å². The summed E-state index contributed by atoms with van der Waals surface area (Å²) in [5, 5.41) is 32.2. The molecule has 3 fully saturated rings. The minimum absolute atomic E-state index is 0.0605. The number of hydrogen-bond donors (Lipinski definition) is 4. The first-order valence-electron chi connectivity index (χ1n) is 17.9. The molecular formula is C41H36BCl2N3O8. The summed E-state index contributed by atoms with van der Waals surface area (Å²) in [6, 6.07) is 21.3. The van der Waals surface area contributed by atoms with Crippen molar-refractivity contribution >= 4 is 70.8 Å². The summed E-state index contributed by atoms with van der Waals surface area (Å²) in [6.07, 6.45) is 2.20. The number of aromatic hydroxyl groups is 1. The molecule has 0 unspecified atom stereocenters. The van der Waals surface area contributed by atoms with Crippen LogP contribution in [0.5, 0.6) is 11.5 Å². The van der Waals surface area contributed by atoms with Gasteiger partial charge in [-0.25, -0.2) is 0 Å². The summed E-state index contributed by atoms with van der Waals surface area (Å²) in [7, 11) is -0.275. The van der Waals surface area contributed by atoms with Crippen molar-refractivity contribution in [3.63, 3.8) is 0 Å². The maximum atomic E-state index is 15.5. The Bertz CT molecular complexity index is 2310. The van der Waals surface area contributed by atoms with E-state index in [1.165, 1.54) is 25.3 Å². The number of carbonyl (C=O) groups excluding carboxylic acids is 4. The number of phenols is 1. The maximum absolute atomic E-state index is 15.5. The van der Waals surface area contributed by atoms with E-state index in [1.54, 1.807) is 62.4 Å². The van der Waals surface area contributed by atoms with Crippen molar-refractivity contribution in [2.24, 2.45) is 23.7 Å². The van der Waals surface area contributed by atoms with Crippen LogP contribution in [-0.2, 0) is 24.6 Å². The summed E-state index contributed by atoms with van der Waals surface area (Å²) in [6.45, 7) is 3.53. The molecule has 0 radical (unpaired) electrons. The predicted molar refractivity (Wildman–Crippen MR) is 207 cm³/mol. The number of carbonyl (C=O) groups is 4. The SMILES string of the molecule is COc1ccc([C@@]23C(=O)N(Nc4ccc(Cl)cc4Cl)C(=O)[C@@H]2C[C@@H]2C(=CC[C@@H]4C(=O)N(c5cccc(B(O)O)c5)C(=O)[C@@H]42)[C@@H]3c2cc(C)c(O)c(C)c2)cc1. The average Bonchev–Trinajstić information content (AvgIpc) is 3.55. The summed E-state index contributed by atoms with van der Waals surface area (Å²) < 4.78 is 5.47. The fraction of sp³-hybridized carbons (Fsp3) is 0.268. The van der Waals surface area contributed by atoms with Gasteiger partial charge in [-0.3, -0.25) is 29.5 Å². The number of nitrogens with zero attached hydrogens (tertiary/aromatic N) is 2. The average molecular weight is 780 g/mol. The molecule has 4 N–H and O–H groups in total. The van der Waals surface area contributed by atoms with E-state index < -0.39 is 65.8 Å². The molecule has 8 rings (SSSR count). The number of imide groups is 2. The Labute approximate surface area is 327 Å². The van der Waals surface area contributed by atoms with E-state index in [0.29, 0.717) is 33.0 Å². The van der Waals surface area contributed by atoms with Gasteiger partial charge in [0.05, 0.1) is 46.7 Å². The Morgan fingerprint density at radius 2 is 1.58 bits per heavy atom. The van der Waals surface area contributed by atoms with Gasteiger partial charge < -0.3 is 19.9 Å². The molecule has 2 aliphatic carbocycles. The summed E-state index contributed by atoms with van der Waals surface area (Å²) in [5.41, 5.74) is 5.13. The van der Waals surface area contributed by atoms with Crippen LogP contribution in [0.2, 0.25) is 10.0 Å². The number of hydrogen-bond acceptors (Lipinski definition) is 9. The van der Waals surface area contributed by atoms with Gasteiger partial charge in [-0.15, -0.1) is 0 Å². The molecule has 6 atom stereocenters. The molecule has 2 heterocycles. The van der Waals surface area contributed by atoms with Crippen molar-refractivity contribution < 1.29 is 39.1 Å². The molecule has 14 heteroatoms. The molecule has 4 aromatic rings. The van der Waals surface area contributed by atoms with Crippen molar-refractivity contribution in [1.29, 1.82) is 0 Å². The van der Waals surface area contributed by atoms with Gasteiger partial charge in [-0.2, -0.15) is 5.01 Å². The number of nitrogens with one attached hydrogen (secondary N) is 1. The van der Waals surface area contributed by atoms with E-state index in [-0.39, 0.29) is 40.5 Å². The van der Waals surface area contributed by atoms with Crippen LogP contribution in [0.25, 0.3) is 0 Å². The minimum Gasteiger partial charge on any atom is -0.507 e. The second-order valence-electron chi connectivity index (χ2n) is 14.7. The number of fused-ring (bicyclic) bond motifs is 4. The number of methoxy groups -OCH3 is 1. The first kappa shape index (κ1) is 36.8. The highest BCUT2D eigenvalue weighted by molar-refractivity contribution is 6.58. The first-order chi connectivity index (χ1) is 26.3. The van der Waals surface area contributed by atoms with Gasteiger partial charge in [0.2, 0.25) is 11.8 Å². The summed E-state index contributed by atoms with van der Waals surface area (Å²) in [5.74, 6) is -5.45. The van der Waals surface area contributed by atoms with Crippen molar-refractivity contribution in [3.8, 4) is 11.5 Å². The highest BCUT2D eigenvalue weighted by Crippen LogP contribution is 2.64. The maximum Gasteiger partial charge on any atom is 0.488 e. The van der Waals surface area contributed by atoms with Crippen LogP contribution in [0.15, 0.2) is 90.5 Å². The predicted octanol–water partition coefficient (Wildman–Crippen LogP) is 5.19. The van der Waals surface area contributed by atoms with E-state index in [0.717, 1.165) is 15.5 Å². The number of phenolic OH excluding ortho intramolecular Hbond substituents is 1. The van der Waals surface area contributed by atoms with Crippen molar-refractivity contribution in [2.75, 3.05) is 17.4 Å². The van der Waals surface area contributed by atoms with Crippen molar-refractivity contribution in [2.45, 2.75) is 38.0 Å². The Balaban J connectivity index is 1.33. The lowest BCUT2D eigenvalue weighted by Crippen LogP contribution is -2.53. The lowest BCUT2D eigenvalue weighted by molar-refractivity contribution is -0.138. The third-order valence-electron chi connectivity index (χ3n) is 11.9. The molecule has 0 aromatic heterocycles. The van der Waals surface area contributed by atoms with Crippen LogP contribution in [0, 0.1) is 37.5 Å². The number of allylic oxidation sites excluding steroid dienone is 2. The van der Waals surface area contributed by atoms with Gasteiger partial charge in [0, 0.05) is 10.9 Å². The zero-order chi connectivity index (χ0) is 39.1. The topological polar surface area (TPSA) is 157 Å². The van der Waals surface area contributed by atoms with E-state index in [9.17, 15) is 29.5 Å². The molecule has 1 saturated carbocycles. The fourth-order valence-electron chi connectivity index (χ4n) is 9.45. The number of anilines is 2. The van der Waals surface area contributed by atoms with Gasteiger partial charge >= 0.3 is 7.12 Å². The minimum atomic E-state index is -1.81. The summed E-state index contributed by atoms with van der Waals surface area (Å²) in [4.78, 5) is 60.3. The van der Waals surface area contributed by atoms with Crippen molar-refractivity contribution in [1.82, 2.24) is 5.01 Å². The van der Waals surface area contributed by atoms with Gasteiger partial charge in [-0.1, -0.05) is 71.2 Å². The Morgan fingerprint density at radius 3 is 2.24 bits per heavy atom. The van der Waals surface area contributed by atoms with Gasteiger partial charge in [0.25, 0.3) is 11.8 Å². The van der Waals surface area contributed by atoms with Crippen molar-refractivity contribution in [3.05, 3.63) is 123 Å². The van der Waals surface area contributed by atoms with Crippen LogP contribution >= 0.6 is 23.2 Å². The quantitative estimate of drug-likeness (QED) is 0.113. The van der Waals surface area contributed by atoms with E-state index >= 15 is 4.79 Å². The van der Waals surface area contributed by atoms with E-state index in [1.807, 2.05) is 18.2 Å². The third kappa shape index (κ3) is 5.57. The molecule has 0 spiro atoms. The molecule has 280 valence electrons. The normalized spacial score (nSPS) is 25.7. The monoisotopic (exact) mass is 779 g/mol. The van der Waals surface area contributed by atoms with E-state index in [4.69, 9.17) is 27.9 Å². The third-order valence-corrected chi connectivity index (χ3v) is 12.4. The van der Waals surface area contributed by atoms with Crippen LogP contribution < -0.4 is 20.5 Å². The first-order valence-corrected chi connectivity index (χ1v) is 18.6. The number of ether oxygens (including phenoxy) is 1. The molecule has 2 aliphatic heterocycles. The smallest absolute Gasteiger partial charge is 0.488 e. The molecule has 4 aromatic carbocycles. The van der Waals surface area contributed by atoms with Gasteiger partial charge in [0.1, 0.15) is 11.5 Å². The second kappa shape index (κ2) is 13.6. The molecule has 11 nitrogen and oxygen atoms in total. The van der Waals surface area contributed by atoms with Gasteiger partial charge in [-0.05, 0) is 103 Å². The zero-order valence-corrected chi connectivity index (χ0v) is 31.5. The van der Waals surface area contributed by atoms with E-state index in [2.05, 4.69) is 5.43 Å². The largest absolute Gasteiger partial charge is 0.507 e. The second-order valence-corrected chi connectivity index (χ2v) is 15.5. The van der Waals surface area contributed by atoms with Crippen LogP contribution in [-0.4, -0.2) is 58.0 Å². The van der Waals surface area contributed by atoms with Crippen LogP contribution in [0.1, 0.15) is 41.0 Å².